The van der Waals surface area contributed by atoms with E-state index < -0.39 is 5.97 Å². The lowest BCUT2D eigenvalue weighted by atomic mass is 10.1. The maximum absolute atomic E-state index is 11.5. The Morgan fingerprint density at radius 2 is 2.04 bits per heavy atom. The van der Waals surface area contributed by atoms with Crippen molar-refractivity contribution in [3.05, 3.63) is 53.9 Å². The fourth-order valence-electron chi connectivity index (χ4n) is 2.65. The van der Waals surface area contributed by atoms with Crippen LogP contribution in [0.15, 0.2) is 42.5 Å². The highest BCUT2D eigenvalue weighted by molar-refractivity contribution is 5.91. The summed E-state index contributed by atoms with van der Waals surface area (Å²) in [5.41, 5.74) is 2.52. The van der Waals surface area contributed by atoms with E-state index in [1.165, 1.54) is 7.11 Å². The smallest absolute Gasteiger partial charge is 0.343 e. The van der Waals surface area contributed by atoms with Crippen molar-refractivity contribution >= 4 is 28.7 Å². The summed E-state index contributed by atoms with van der Waals surface area (Å²) < 4.78 is 15.9. The zero-order valence-electron chi connectivity index (χ0n) is 15.6. The first-order valence-electron chi connectivity index (χ1n) is 8.68. The van der Waals surface area contributed by atoms with Crippen LogP contribution in [0.4, 0.5) is 0 Å². The number of carbonyl (C=O) groups is 1. The van der Waals surface area contributed by atoms with Gasteiger partial charge in [-0.1, -0.05) is 24.3 Å². The van der Waals surface area contributed by atoms with Gasteiger partial charge in [0.1, 0.15) is 11.9 Å². The minimum absolute atomic E-state index is 0.270. The van der Waals surface area contributed by atoms with Crippen molar-refractivity contribution < 1.29 is 19.0 Å². The minimum atomic E-state index is -0.515. The van der Waals surface area contributed by atoms with Crippen LogP contribution < -0.4 is 9.47 Å². The Labute approximate surface area is 162 Å². The van der Waals surface area contributed by atoms with E-state index in [-0.39, 0.29) is 6.61 Å². The average Bonchev–Trinajstić information content (AvgIpc) is 3.15. The summed E-state index contributed by atoms with van der Waals surface area (Å²) in [6, 6.07) is 15.0. The van der Waals surface area contributed by atoms with Crippen molar-refractivity contribution in [1.29, 1.82) is 5.26 Å². The summed E-state index contributed by atoms with van der Waals surface area (Å²) in [6.07, 6.45) is 1.65. The molecule has 0 spiro atoms. The average molecular weight is 377 g/mol. The van der Waals surface area contributed by atoms with Gasteiger partial charge in [-0.25, -0.2) is 9.78 Å². The van der Waals surface area contributed by atoms with E-state index in [0.717, 1.165) is 11.0 Å². The van der Waals surface area contributed by atoms with Crippen molar-refractivity contribution in [2.45, 2.75) is 6.92 Å². The molecular weight excluding hydrogens is 358 g/mol. The Bertz CT molecular complexity index is 1030. The molecule has 0 saturated heterocycles. The number of benzene rings is 2. The first-order valence-corrected chi connectivity index (χ1v) is 8.68. The van der Waals surface area contributed by atoms with Gasteiger partial charge in [0.2, 0.25) is 0 Å². The van der Waals surface area contributed by atoms with Crippen molar-refractivity contribution in [3.63, 3.8) is 0 Å². The van der Waals surface area contributed by atoms with Crippen molar-refractivity contribution in [2.75, 3.05) is 20.3 Å². The molecule has 0 atom stereocenters. The highest BCUT2D eigenvalue weighted by atomic mass is 16.6. The van der Waals surface area contributed by atoms with Gasteiger partial charge in [-0.2, -0.15) is 5.26 Å². The molecule has 1 N–H and O–H groups in total. The van der Waals surface area contributed by atoms with Crippen LogP contribution in [0.25, 0.3) is 22.7 Å². The van der Waals surface area contributed by atoms with Crippen LogP contribution in [-0.4, -0.2) is 36.3 Å². The molecule has 1 heterocycles. The predicted molar refractivity (Wildman–Crippen MR) is 105 cm³/mol. The summed E-state index contributed by atoms with van der Waals surface area (Å²) in [6.45, 7) is 2.01. The van der Waals surface area contributed by atoms with E-state index in [2.05, 4.69) is 20.8 Å². The molecule has 0 unspecified atom stereocenters. The molecule has 0 radical (unpaired) electrons. The van der Waals surface area contributed by atoms with Crippen LogP contribution in [0.3, 0.4) is 0 Å². The topological polar surface area (TPSA) is 97.2 Å². The Morgan fingerprint density at radius 3 is 2.75 bits per heavy atom. The molecule has 3 aromatic rings. The number of imidazole rings is 1. The first kappa shape index (κ1) is 19.0. The first-order chi connectivity index (χ1) is 13.7. The Morgan fingerprint density at radius 1 is 1.21 bits per heavy atom. The van der Waals surface area contributed by atoms with Crippen LogP contribution >= 0.6 is 0 Å². The summed E-state index contributed by atoms with van der Waals surface area (Å²) in [5, 5.41) is 9.66. The van der Waals surface area contributed by atoms with Gasteiger partial charge in [-0.05, 0) is 31.2 Å². The summed E-state index contributed by atoms with van der Waals surface area (Å²) >= 11 is 0. The molecule has 142 valence electrons. The second kappa shape index (κ2) is 8.73. The summed E-state index contributed by atoms with van der Waals surface area (Å²) in [4.78, 5) is 19.1. The van der Waals surface area contributed by atoms with Crippen molar-refractivity contribution in [1.82, 2.24) is 9.97 Å². The van der Waals surface area contributed by atoms with Gasteiger partial charge in [0.15, 0.2) is 18.1 Å². The third kappa shape index (κ3) is 4.13. The minimum Gasteiger partial charge on any atom is -0.490 e. The van der Waals surface area contributed by atoms with Crippen LogP contribution in [0.1, 0.15) is 18.3 Å². The van der Waals surface area contributed by atoms with Gasteiger partial charge < -0.3 is 19.2 Å². The SMILES string of the molecule is CCOc1cccc(/C=C(\C#N)c2nc3ccccc3[nH]2)c1OCC(=O)OC. The molecule has 1 aromatic heterocycles. The van der Waals surface area contributed by atoms with Gasteiger partial charge in [0.05, 0.1) is 30.3 Å². The molecule has 0 fully saturated rings. The highest BCUT2D eigenvalue weighted by Crippen LogP contribution is 2.34. The monoisotopic (exact) mass is 377 g/mol. The fraction of sp³-hybridized carbons (Fsp3) is 0.190. The largest absolute Gasteiger partial charge is 0.490 e. The number of allylic oxidation sites excluding steroid dienone is 1. The van der Waals surface area contributed by atoms with E-state index in [1.54, 1.807) is 24.3 Å². The van der Waals surface area contributed by atoms with Crippen LogP contribution in [-0.2, 0) is 9.53 Å². The lowest BCUT2D eigenvalue weighted by Crippen LogP contribution is -2.13. The molecule has 7 heteroatoms. The number of H-pyrrole nitrogens is 1. The van der Waals surface area contributed by atoms with E-state index in [9.17, 15) is 10.1 Å². The van der Waals surface area contributed by atoms with Crippen LogP contribution in [0.5, 0.6) is 11.5 Å². The molecule has 0 aliphatic rings. The number of nitriles is 1. The molecule has 28 heavy (non-hydrogen) atoms. The van der Waals surface area contributed by atoms with Gasteiger partial charge >= 0.3 is 5.97 Å². The van der Waals surface area contributed by atoms with Gasteiger partial charge in [0.25, 0.3) is 0 Å². The number of hydrogen-bond acceptors (Lipinski definition) is 6. The molecule has 0 aliphatic carbocycles. The van der Waals surface area contributed by atoms with Gasteiger partial charge in [-0.15, -0.1) is 0 Å². The molecule has 0 saturated carbocycles. The number of hydrogen-bond donors (Lipinski definition) is 1. The number of aromatic nitrogens is 2. The molecule has 7 nitrogen and oxygen atoms in total. The highest BCUT2D eigenvalue weighted by Gasteiger charge is 2.15. The number of carbonyl (C=O) groups excluding carboxylic acids is 1. The zero-order valence-corrected chi connectivity index (χ0v) is 15.6. The fourth-order valence-corrected chi connectivity index (χ4v) is 2.65. The number of aromatic amines is 1. The number of rotatable bonds is 7. The normalized spacial score (nSPS) is 11.1. The Balaban J connectivity index is 2.03. The van der Waals surface area contributed by atoms with E-state index >= 15 is 0 Å². The summed E-state index contributed by atoms with van der Waals surface area (Å²) in [5.74, 6) is 0.768. The zero-order chi connectivity index (χ0) is 19.9. The maximum Gasteiger partial charge on any atom is 0.343 e. The number of methoxy groups -OCH3 is 1. The molecular formula is C21H19N3O4. The quantitative estimate of drug-likeness (QED) is 0.499. The number of nitrogens with zero attached hydrogens (tertiary/aromatic N) is 2. The van der Waals surface area contributed by atoms with Crippen molar-refractivity contribution in [2.24, 2.45) is 0 Å². The number of nitrogens with one attached hydrogen (secondary N) is 1. The predicted octanol–water partition coefficient (Wildman–Crippen LogP) is 3.58. The standard InChI is InChI=1S/C21H19N3O4/c1-3-27-18-10-6-7-14(20(18)28-13-19(25)26-2)11-15(12-22)21-23-16-8-4-5-9-17(16)24-21/h4-11H,3,13H2,1-2H3,(H,23,24)/b15-11+. The molecule has 0 bridgehead atoms. The molecule has 3 rings (SSSR count). The van der Waals surface area contributed by atoms with E-state index in [0.29, 0.717) is 35.1 Å². The second-order valence-electron chi connectivity index (χ2n) is 5.74. The number of esters is 1. The van der Waals surface area contributed by atoms with Crippen molar-refractivity contribution in [3.8, 4) is 17.6 Å². The summed E-state index contributed by atoms with van der Waals surface area (Å²) in [7, 11) is 1.29. The van der Waals surface area contributed by atoms with Crippen LogP contribution in [0, 0.1) is 11.3 Å². The maximum atomic E-state index is 11.5. The number of ether oxygens (including phenoxy) is 3. The molecule has 0 aliphatic heterocycles. The van der Waals surface area contributed by atoms with Gasteiger partial charge in [0, 0.05) is 5.56 Å². The van der Waals surface area contributed by atoms with E-state index in [4.69, 9.17) is 9.47 Å². The molecule has 0 amide bonds. The Kier molecular flexibility index (Phi) is 5.92. The van der Waals surface area contributed by atoms with Gasteiger partial charge in [-0.3, -0.25) is 0 Å². The molecule has 2 aromatic carbocycles. The van der Waals surface area contributed by atoms with E-state index in [1.807, 2.05) is 31.2 Å². The third-order valence-electron chi connectivity index (χ3n) is 3.94. The second-order valence-corrected chi connectivity index (χ2v) is 5.74. The number of fused-ring (bicyclic) bond motifs is 1. The third-order valence-corrected chi connectivity index (χ3v) is 3.94. The number of para-hydroxylation sites is 3. The van der Waals surface area contributed by atoms with Crippen LogP contribution in [0.2, 0.25) is 0 Å². The lowest BCUT2D eigenvalue weighted by Gasteiger charge is -2.14. The Hall–Kier alpha value is -3.79. The lowest BCUT2D eigenvalue weighted by molar-refractivity contribution is -0.142.